The van der Waals surface area contributed by atoms with Crippen molar-refractivity contribution in [3.8, 4) is 0 Å². The molecule has 0 spiro atoms. The summed E-state index contributed by atoms with van der Waals surface area (Å²) in [7, 11) is 0. The smallest absolute Gasteiger partial charge is 0.306 e. The van der Waals surface area contributed by atoms with Crippen molar-refractivity contribution in [2.24, 2.45) is 46.3 Å². The van der Waals surface area contributed by atoms with Gasteiger partial charge in [0, 0.05) is 19.3 Å². The molecule has 0 heterocycles. The quantitative estimate of drug-likeness (QED) is 0.388. The van der Waals surface area contributed by atoms with Gasteiger partial charge in [-0.25, -0.2) is 0 Å². The van der Waals surface area contributed by atoms with E-state index in [0.29, 0.717) is 18.8 Å². The first-order valence-corrected chi connectivity index (χ1v) is 14.3. The van der Waals surface area contributed by atoms with Crippen LogP contribution in [0.5, 0.6) is 0 Å². The first kappa shape index (κ1) is 26.3. The van der Waals surface area contributed by atoms with Crippen molar-refractivity contribution >= 4 is 17.5 Å². The first-order chi connectivity index (χ1) is 17.0. The van der Waals surface area contributed by atoms with Gasteiger partial charge in [-0.15, -0.1) is 0 Å². The topological polar surface area (TPSA) is 121 Å². The molecule has 5 fully saturated rings. The maximum atomic E-state index is 12.4. The third-order valence-corrected chi connectivity index (χ3v) is 11.8. The highest BCUT2D eigenvalue weighted by atomic mass is 16.6. The molecule has 202 valence electrons. The number of esters is 1. The van der Waals surface area contributed by atoms with E-state index in [1.165, 1.54) is 0 Å². The van der Waals surface area contributed by atoms with Gasteiger partial charge < -0.3 is 20.1 Å². The fourth-order valence-electron chi connectivity index (χ4n) is 9.69. The minimum Gasteiger partial charge on any atom is -0.446 e. The van der Waals surface area contributed by atoms with Crippen LogP contribution in [0.15, 0.2) is 0 Å². The van der Waals surface area contributed by atoms with E-state index in [1.54, 1.807) is 0 Å². The van der Waals surface area contributed by atoms with Gasteiger partial charge in [0.1, 0.15) is 0 Å². The van der Waals surface area contributed by atoms with Crippen molar-refractivity contribution in [2.75, 3.05) is 0 Å². The van der Waals surface area contributed by atoms with E-state index in [9.17, 15) is 29.7 Å². The largest absolute Gasteiger partial charge is 0.446 e. The average molecular weight is 505 g/mol. The number of hydrogen-bond acceptors (Lipinski definition) is 7. The molecule has 0 saturated heterocycles. The van der Waals surface area contributed by atoms with Crippen LogP contribution in [0.2, 0.25) is 0 Å². The second kappa shape index (κ2) is 9.46. The number of ketones is 2. The summed E-state index contributed by atoms with van der Waals surface area (Å²) < 4.78 is 5.22. The molecular weight excluding hydrogens is 460 g/mol. The number of aliphatic hydroxyl groups excluding tert-OH is 3. The summed E-state index contributed by atoms with van der Waals surface area (Å²) in [6, 6.07) is 0. The fraction of sp³-hybridized carbons (Fsp3) is 0.897. The van der Waals surface area contributed by atoms with E-state index in [0.717, 1.165) is 38.5 Å². The minimum absolute atomic E-state index is 0.0496. The van der Waals surface area contributed by atoms with Gasteiger partial charge in [0.05, 0.1) is 18.3 Å². The SMILES string of the molecule is C[C@H](CCC(=O)OC1C(=O)CCC1=O)[C@H]1CC[C@H]2[C@@H]3[C@H](O)C[C@@H]4C[C@H](O)CC[C@]4(C)[C@H]3C[C@H](O)[C@]12C. The highest BCUT2D eigenvalue weighted by molar-refractivity contribution is 6.12. The average Bonchev–Trinajstić information content (AvgIpc) is 3.34. The summed E-state index contributed by atoms with van der Waals surface area (Å²) in [6.07, 6.45) is 4.56. The summed E-state index contributed by atoms with van der Waals surface area (Å²) in [6.45, 7) is 6.67. The van der Waals surface area contributed by atoms with E-state index in [4.69, 9.17) is 4.74 Å². The lowest BCUT2D eigenvalue weighted by Crippen LogP contribution is -2.62. The molecule has 0 aliphatic heterocycles. The van der Waals surface area contributed by atoms with Gasteiger partial charge in [0.25, 0.3) is 0 Å². The van der Waals surface area contributed by atoms with Crippen molar-refractivity contribution in [1.82, 2.24) is 0 Å². The normalized spacial score (nSPS) is 47.7. The van der Waals surface area contributed by atoms with Crippen LogP contribution < -0.4 is 0 Å². The number of rotatable bonds is 5. The van der Waals surface area contributed by atoms with Gasteiger partial charge in [-0.05, 0) is 97.7 Å². The lowest BCUT2D eigenvalue weighted by atomic mass is 9.43. The molecule has 0 bridgehead atoms. The molecule has 11 atom stereocenters. The van der Waals surface area contributed by atoms with Crippen LogP contribution in [0.4, 0.5) is 0 Å². The van der Waals surface area contributed by atoms with Crippen LogP contribution in [0.3, 0.4) is 0 Å². The van der Waals surface area contributed by atoms with Crippen LogP contribution in [-0.2, 0) is 19.1 Å². The summed E-state index contributed by atoms with van der Waals surface area (Å²) >= 11 is 0. The van der Waals surface area contributed by atoms with E-state index in [-0.39, 0.29) is 77.4 Å². The molecule has 0 radical (unpaired) electrons. The molecule has 5 aliphatic rings. The van der Waals surface area contributed by atoms with E-state index in [1.807, 2.05) is 0 Å². The van der Waals surface area contributed by atoms with Gasteiger partial charge in [-0.3, -0.25) is 14.4 Å². The van der Waals surface area contributed by atoms with Gasteiger partial charge in [0.15, 0.2) is 11.6 Å². The lowest BCUT2D eigenvalue weighted by molar-refractivity contribution is -0.207. The number of carbonyl (C=O) groups excluding carboxylic acids is 3. The van der Waals surface area contributed by atoms with Gasteiger partial charge in [-0.1, -0.05) is 20.8 Å². The Morgan fingerprint density at radius 3 is 2.39 bits per heavy atom. The Labute approximate surface area is 214 Å². The van der Waals surface area contributed by atoms with Crippen LogP contribution >= 0.6 is 0 Å². The molecular formula is C29H44O7. The molecule has 5 aliphatic carbocycles. The van der Waals surface area contributed by atoms with E-state index < -0.39 is 24.3 Å². The Morgan fingerprint density at radius 1 is 1.00 bits per heavy atom. The van der Waals surface area contributed by atoms with Crippen molar-refractivity contribution in [3.63, 3.8) is 0 Å². The second-order valence-electron chi connectivity index (χ2n) is 13.3. The maximum absolute atomic E-state index is 12.4. The minimum atomic E-state index is -1.21. The number of fused-ring (bicyclic) bond motifs is 5. The number of hydrogen-bond donors (Lipinski definition) is 3. The van der Waals surface area contributed by atoms with Gasteiger partial charge in [0.2, 0.25) is 6.10 Å². The first-order valence-electron chi connectivity index (χ1n) is 14.3. The Balaban J connectivity index is 1.27. The van der Waals surface area contributed by atoms with Crippen molar-refractivity contribution in [3.05, 3.63) is 0 Å². The Bertz CT molecular complexity index is 886. The van der Waals surface area contributed by atoms with Crippen LogP contribution in [0.25, 0.3) is 0 Å². The molecule has 0 aromatic heterocycles. The molecule has 5 saturated carbocycles. The molecule has 36 heavy (non-hydrogen) atoms. The highest BCUT2D eigenvalue weighted by Crippen LogP contribution is 2.68. The predicted molar refractivity (Wildman–Crippen MR) is 132 cm³/mol. The zero-order valence-electron chi connectivity index (χ0n) is 22.0. The molecule has 0 aromatic carbocycles. The number of Topliss-reactive ketones (excluding diaryl/α,β-unsaturated/α-hetero) is 2. The Morgan fingerprint density at radius 2 is 1.69 bits per heavy atom. The Hall–Kier alpha value is -1.31. The monoisotopic (exact) mass is 504 g/mol. The lowest BCUT2D eigenvalue weighted by Gasteiger charge is -2.63. The third kappa shape index (κ3) is 4.08. The Kier molecular flexibility index (Phi) is 6.91. The standard InChI is InChI=1S/C29H44O7/c1-15(4-9-25(35)36-27-21(31)7-8-22(27)32)18-5-6-19-26-20(14-24(34)29(18,19)3)28(2)11-10-17(30)12-16(28)13-23(26)33/h15-20,23-24,26-27,30,33-34H,4-14H2,1-3H3/t15-,16+,17-,18-,19+,20+,23-,24+,26+,28+,29-/m1/s1. The van der Waals surface area contributed by atoms with Gasteiger partial charge >= 0.3 is 5.97 Å². The predicted octanol–water partition coefficient (Wildman–Crippen LogP) is 3.21. The van der Waals surface area contributed by atoms with Crippen LogP contribution in [0, 0.1) is 46.3 Å². The molecule has 5 rings (SSSR count). The van der Waals surface area contributed by atoms with Crippen LogP contribution in [-0.4, -0.2) is 57.3 Å². The van der Waals surface area contributed by atoms with E-state index in [2.05, 4.69) is 20.8 Å². The molecule has 3 N–H and O–H groups in total. The summed E-state index contributed by atoms with van der Waals surface area (Å²) in [5.74, 6) is 0.251. The van der Waals surface area contributed by atoms with Crippen molar-refractivity contribution in [2.45, 2.75) is 116 Å². The molecule has 0 unspecified atom stereocenters. The molecule has 7 nitrogen and oxygen atoms in total. The fourth-order valence-corrected chi connectivity index (χ4v) is 9.69. The molecule has 0 amide bonds. The van der Waals surface area contributed by atoms with Crippen LogP contribution in [0.1, 0.15) is 91.4 Å². The van der Waals surface area contributed by atoms with Crippen molar-refractivity contribution < 1.29 is 34.4 Å². The summed E-state index contributed by atoms with van der Waals surface area (Å²) in [5, 5.41) is 33.3. The second-order valence-corrected chi connectivity index (χ2v) is 13.3. The summed E-state index contributed by atoms with van der Waals surface area (Å²) in [4.78, 5) is 36.1. The number of ether oxygens (including phenoxy) is 1. The van der Waals surface area contributed by atoms with Gasteiger partial charge in [-0.2, -0.15) is 0 Å². The zero-order chi connectivity index (χ0) is 26.0. The summed E-state index contributed by atoms with van der Waals surface area (Å²) in [5.41, 5.74) is -0.270. The van der Waals surface area contributed by atoms with Crippen molar-refractivity contribution in [1.29, 1.82) is 0 Å². The van der Waals surface area contributed by atoms with E-state index >= 15 is 0 Å². The molecule has 0 aromatic rings. The number of aliphatic hydroxyl groups is 3. The zero-order valence-corrected chi connectivity index (χ0v) is 22.0. The maximum Gasteiger partial charge on any atom is 0.306 e. The number of carbonyl (C=O) groups is 3. The highest BCUT2D eigenvalue weighted by Gasteiger charge is 2.65. The molecule has 7 heteroatoms. The third-order valence-electron chi connectivity index (χ3n) is 11.8.